The summed E-state index contributed by atoms with van der Waals surface area (Å²) in [6.45, 7) is 2.71. The normalized spacial score (nSPS) is 15.8. The van der Waals surface area contributed by atoms with Crippen molar-refractivity contribution < 1.29 is 19.6 Å². The molecule has 1 heterocycles. The van der Waals surface area contributed by atoms with E-state index in [1.807, 2.05) is 0 Å². The SMILES string of the molecule is CC(Oc1ccc(CO)cc1[N+](=O)[O-])C(=O)N1CCCC1. The second kappa shape index (κ2) is 6.53. The van der Waals surface area contributed by atoms with Crippen LogP contribution >= 0.6 is 0 Å². The number of nitro benzene ring substituents is 1. The van der Waals surface area contributed by atoms with Gasteiger partial charge >= 0.3 is 5.69 Å². The maximum absolute atomic E-state index is 12.1. The average Bonchev–Trinajstić information content (AvgIpc) is 3.00. The Morgan fingerprint density at radius 3 is 2.71 bits per heavy atom. The highest BCUT2D eigenvalue weighted by molar-refractivity contribution is 5.81. The monoisotopic (exact) mass is 294 g/mol. The first-order chi connectivity index (χ1) is 10.0. The highest BCUT2D eigenvalue weighted by atomic mass is 16.6. The van der Waals surface area contributed by atoms with Gasteiger partial charge in [-0.3, -0.25) is 14.9 Å². The Morgan fingerprint density at radius 1 is 1.48 bits per heavy atom. The predicted octanol–water partition coefficient (Wildman–Crippen LogP) is 1.48. The fraction of sp³-hybridized carbons (Fsp3) is 0.500. The molecule has 114 valence electrons. The number of benzene rings is 1. The topological polar surface area (TPSA) is 92.9 Å². The molecule has 1 amide bonds. The van der Waals surface area contributed by atoms with Crippen molar-refractivity contribution in [2.24, 2.45) is 0 Å². The third-order valence-electron chi connectivity index (χ3n) is 3.47. The first kappa shape index (κ1) is 15.2. The van der Waals surface area contributed by atoms with E-state index < -0.39 is 11.0 Å². The number of amides is 1. The maximum atomic E-state index is 12.1. The number of ether oxygens (including phenoxy) is 1. The highest BCUT2D eigenvalue weighted by Crippen LogP contribution is 2.29. The van der Waals surface area contributed by atoms with Crippen LogP contribution in [0.3, 0.4) is 0 Å². The second-order valence-electron chi connectivity index (χ2n) is 5.01. The quantitative estimate of drug-likeness (QED) is 0.656. The molecule has 1 aliphatic rings. The lowest BCUT2D eigenvalue weighted by Crippen LogP contribution is -2.38. The summed E-state index contributed by atoms with van der Waals surface area (Å²) in [5.41, 5.74) is 0.176. The van der Waals surface area contributed by atoms with Gasteiger partial charge in [0, 0.05) is 19.2 Å². The summed E-state index contributed by atoms with van der Waals surface area (Å²) in [6.07, 6.45) is 1.18. The van der Waals surface area contributed by atoms with E-state index >= 15 is 0 Å². The number of nitro groups is 1. The van der Waals surface area contributed by atoms with Crippen molar-refractivity contribution in [3.63, 3.8) is 0 Å². The van der Waals surface area contributed by atoms with Gasteiger partial charge in [-0.1, -0.05) is 6.07 Å². The van der Waals surface area contributed by atoms with E-state index in [1.165, 1.54) is 18.2 Å². The molecule has 2 rings (SSSR count). The van der Waals surface area contributed by atoms with Crippen LogP contribution in [-0.4, -0.2) is 40.0 Å². The molecule has 1 fully saturated rings. The van der Waals surface area contributed by atoms with Crippen molar-refractivity contribution in [2.45, 2.75) is 32.5 Å². The molecule has 1 saturated heterocycles. The number of aliphatic hydroxyl groups is 1. The summed E-state index contributed by atoms with van der Waals surface area (Å²) in [4.78, 5) is 24.3. The molecule has 0 saturated carbocycles. The van der Waals surface area contributed by atoms with E-state index in [0.29, 0.717) is 18.7 Å². The molecule has 1 aromatic rings. The zero-order chi connectivity index (χ0) is 15.4. The summed E-state index contributed by atoms with van der Waals surface area (Å²) in [5.74, 6) is -0.120. The van der Waals surface area contributed by atoms with E-state index in [0.717, 1.165) is 12.8 Å². The molecule has 0 spiro atoms. The molecule has 0 aliphatic carbocycles. The second-order valence-corrected chi connectivity index (χ2v) is 5.01. The van der Waals surface area contributed by atoms with E-state index in [2.05, 4.69) is 0 Å². The Bertz CT molecular complexity index is 540. The molecular formula is C14H18N2O5. The zero-order valence-electron chi connectivity index (χ0n) is 11.8. The third kappa shape index (κ3) is 3.49. The van der Waals surface area contributed by atoms with Gasteiger partial charge in [-0.2, -0.15) is 0 Å². The van der Waals surface area contributed by atoms with E-state index in [4.69, 9.17) is 9.84 Å². The van der Waals surface area contributed by atoms with Crippen molar-refractivity contribution in [1.29, 1.82) is 0 Å². The minimum Gasteiger partial charge on any atom is -0.474 e. The summed E-state index contributed by atoms with van der Waals surface area (Å²) in [6, 6.07) is 4.20. The van der Waals surface area contributed by atoms with Crippen molar-refractivity contribution in [3.05, 3.63) is 33.9 Å². The first-order valence-electron chi connectivity index (χ1n) is 6.86. The number of carbonyl (C=O) groups is 1. The van der Waals surface area contributed by atoms with Gasteiger partial charge in [0.15, 0.2) is 11.9 Å². The van der Waals surface area contributed by atoms with E-state index in [-0.39, 0.29) is 24.0 Å². The molecule has 1 atom stereocenters. The Kier molecular flexibility index (Phi) is 4.74. The Hall–Kier alpha value is -2.15. The minimum atomic E-state index is -0.776. The van der Waals surface area contributed by atoms with Crippen molar-refractivity contribution >= 4 is 11.6 Å². The third-order valence-corrected chi connectivity index (χ3v) is 3.47. The van der Waals surface area contributed by atoms with Crippen LogP contribution < -0.4 is 4.74 Å². The fourth-order valence-electron chi connectivity index (χ4n) is 2.34. The van der Waals surface area contributed by atoms with E-state index in [1.54, 1.807) is 11.8 Å². The van der Waals surface area contributed by atoms with Crippen molar-refractivity contribution in [3.8, 4) is 5.75 Å². The van der Waals surface area contributed by atoms with Gasteiger partial charge in [-0.05, 0) is 31.4 Å². The van der Waals surface area contributed by atoms with Crippen molar-refractivity contribution in [1.82, 2.24) is 4.90 Å². The predicted molar refractivity (Wildman–Crippen MR) is 74.9 cm³/mol. The molecule has 0 radical (unpaired) electrons. The van der Waals surface area contributed by atoms with Gasteiger partial charge in [0.2, 0.25) is 0 Å². The van der Waals surface area contributed by atoms with Gasteiger partial charge in [0.05, 0.1) is 11.5 Å². The van der Waals surface area contributed by atoms with Crippen LogP contribution in [0, 0.1) is 10.1 Å². The lowest BCUT2D eigenvalue weighted by Gasteiger charge is -2.21. The van der Waals surface area contributed by atoms with Crippen LogP contribution in [0.15, 0.2) is 18.2 Å². The number of likely N-dealkylation sites (tertiary alicyclic amines) is 1. The van der Waals surface area contributed by atoms with Gasteiger partial charge in [-0.25, -0.2) is 0 Å². The molecule has 21 heavy (non-hydrogen) atoms. The Labute approximate surface area is 122 Å². The number of hydrogen-bond donors (Lipinski definition) is 1. The summed E-state index contributed by atoms with van der Waals surface area (Å²) in [5, 5.41) is 20.1. The van der Waals surface area contributed by atoms with Crippen LogP contribution in [0.1, 0.15) is 25.3 Å². The molecular weight excluding hydrogens is 276 g/mol. The minimum absolute atomic E-state index is 0.0391. The van der Waals surface area contributed by atoms with E-state index in [9.17, 15) is 14.9 Å². The Morgan fingerprint density at radius 2 is 2.14 bits per heavy atom. The fourth-order valence-corrected chi connectivity index (χ4v) is 2.34. The summed E-state index contributed by atoms with van der Waals surface area (Å²) < 4.78 is 5.47. The van der Waals surface area contributed by atoms with Crippen LogP contribution in [0.5, 0.6) is 5.75 Å². The number of aliphatic hydroxyl groups excluding tert-OH is 1. The molecule has 1 N–H and O–H groups in total. The van der Waals surface area contributed by atoms with Crippen LogP contribution in [0.25, 0.3) is 0 Å². The maximum Gasteiger partial charge on any atom is 0.311 e. The molecule has 0 bridgehead atoms. The first-order valence-corrected chi connectivity index (χ1v) is 6.86. The molecule has 7 nitrogen and oxygen atoms in total. The molecule has 7 heteroatoms. The number of rotatable bonds is 5. The van der Waals surface area contributed by atoms with Crippen LogP contribution in [0.2, 0.25) is 0 Å². The average molecular weight is 294 g/mol. The molecule has 1 unspecified atom stereocenters. The lowest BCUT2D eigenvalue weighted by atomic mass is 10.2. The lowest BCUT2D eigenvalue weighted by molar-refractivity contribution is -0.386. The largest absolute Gasteiger partial charge is 0.474 e. The molecule has 1 aliphatic heterocycles. The van der Waals surface area contributed by atoms with Crippen molar-refractivity contribution in [2.75, 3.05) is 13.1 Å². The smallest absolute Gasteiger partial charge is 0.311 e. The van der Waals surface area contributed by atoms with Gasteiger partial charge < -0.3 is 14.7 Å². The van der Waals surface area contributed by atoms with Crippen LogP contribution in [0.4, 0.5) is 5.69 Å². The van der Waals surface area contributed by atoms with Gasteiger partial charge in [0.1, 0.15) is 0 Å². The Balaban J connectivity index is 2.14. The standard InChI is InChI=1S/C14H18N2O5/c1-10(14(18)15-6-2-3-7-15)21-13-5-4-11(9-17)8-12(13)16(19)20/h4-5,8,10,17H,2-3,6-7,9H2,1H3. The summed E-state index contributed by atoms with van der Waals surface area (Å²) in [7, 11) is 0. The molecule has 0 aromatic heterocycles. The number of carbonyl (C=O) groups excluding carboxylic acids is 1. The van der Waals surface area contributed by atoms with Gasteiger partial charge in [-0.15, -0.1) is 0 Å². The number of hydrogen-bond acceptors (Lipinski definition) is 5. The highest BCUT2D eigenvalue weighted by Gasteiger charge is 2.26. The molecule has 1 aromatic carbocycles. The zero-order valence-corrected chi connectivity index (χ0v) is 11.8. The van der Waals surface area contributed by atoms with Gasteiger partial charge in [0.25, 0.3) is 5.91 Å². The number of nitrogens with zero attached hydrogens (tertiary/aromatic N) is 2. The summed E-state index contributed by atoms with van der Waals surface area (Å²) >= 11 is 0. The van der Waals surface area contributed by atoms with Crippen LogP contribution in [-0.2, 0) is 11.4 Å².